The van der Waals surface area contributed by atoms with E-state index >= 15 is 0 Å². The largest absolute Gasteiger partial charge is 0.340 e. The lowest BCUT2D eigenvalue weighted by Gasteiger charge is -2.30. The summed E-state index contributed by atoms with van der Waals surface area (Å²) >= 11 is 0. The molecule has 2 aromatic carbocycles. The molecule has 0 N–H and O–H groups in total. The van der Waals surface area contributed by atoms with E-state index in [-0.39, 0.29) is 0 Å². The van der Waals surface area contributed by atoms with Gasteiger partial charge < -0.3 is 9.47 Å². The zero-order valence-corrected chi connectivity index (χ0v) is 12.4. The van der Waals surface area contributed by atoms with Gasteiger partial charge in [-0.25, -0.2) is 0 Å². The third-order valence-electron chi connectivity index (χ3n) is 4.30. The molecule has 0 unspecified atom stereocenters. The summed E-state index contributed by atoms with van der Waals surface area (Å²) in [4.78, 5) is 0. The van der Waals surface area contributed by atoms with Crippen LogP contribution in [0.2, 0.25) is 0 Å². The first-order chi connectivity index (χ1) is 10.8. The Labute approximate surface area is 130 Å². The minimum atomic E-state index is -0.776. The van der Waals surface area contributed by atoms with Crippen molar-refractivity contribution in [2.75, 3.05) is 13.2 Å². The maximum absolute atomic E-state index is 6.13. The lowest BCUT2D eigenvalue weighted by Crippen LogP contribution is -2.30. The lowest BCUT2D eigenvalue weighted by atomic mass is 9.91. The van der Waals surface area contributed by atoms with Gasteiger partial charge in [0.15, 0.2) is 0 Å². The Morgan fingerprint density at radius 1 is 0.955 bits per heavy atom. The third kappa shape index (κ3) is 1.96. The van der Waals surface area contributed by atoms with Crippen LogP contribution in [0.4, 0.5) is 0 Å². The van der Waals surface area contributed by atoms with E-state index in [0.717, 1.165) is 28.7 Å². The molecule has 0 saturated carbocycles. The Kier molecular flexibility index (Phi) is 3.21. The van der Waals surface area contributed by atoms with Crippen LogP contribution in [0.3, 0.4) is 0 Å². The second kappa shape index (κ2) is 5.24. The molecule has 1 saturated heterocycles. The van der Waals surface area contributed by atoms with Crippen molar-refractivity contribution in [2.24, 2.45) is 0 Å². The molecule has 0 aromatic heterocycles. The SMILES string of the molecule is C=CCc1ccc2c(c1)C=Cc1ccccc1C21OCCO1. The van der Waals surface area contributed by atoms with E-state index in [1.54, 1.807) is 0 Å². The summed E-state index contributed by atoms with van der Waals surface area (Å²) in [6, 6.07) is 14.8. The first kappa shape index (κ1) is 13.5. The summed E-state index contributed by atoms with van der Waals surface area (Å²) in [5.74, 6) is -0.776. The molecule has 0 radical (unpaired) electrons. The number of fused-ring (bicyclic) bond motifs is 4. The van der Waals surface area contributed by atoms with Gasteiger partial charge >= 0.3 is 0 Å². The minimum absolute atomic E-state index is 0.613. The average Bonchev–Trinajstić information content (AvgIpc) is 2.99. The first-order valence-corrected chi connectivity index (χ1v) is 7.63. The quantitative estimate of drug-likeness (QED) is 0.774. The van der Waals surface area contributed by atoms with Crippen LogP contribution in [0, 0.1) is 0 Å². The fraction of sp³-hybridized carbons (Fsp3) is 0.200. The molecule has 1 fully saturated rings. The molecule has 1 aliphatic heterocycles. The van der Waals surface area contributed by atoms with Gasteiger partial charge in [-0.2, -0.15) is 0 Å². The van der Waals surface area contributed by atoms with Crippen LogP contribution < -0.4 is 0 Å². The second-order valence-corrected chi connectivity index (χ2v) is 5.65. The van der Waals surface area contributed by atoms with E-state index in [1.807, 2.05) is 18.2 Å². The van der Waals surface area contributed by atoms with Gasteiger partial charge in [0, 0.05) is 11.1 Å². The molecule has 0 amide bonds. The molecule has 0 atom stereocenters. The number of hydrogen-bond acceptors (Lipinski definition) is 2. The summed E-state index contributed by atoms with van der Waals surface area (Å²) in [6.07, 6.45) is 7.09. The zero-order chi connectivity index (χ0) is 15.0. The van der Waals surface area contributed by atoms with Gasteiger partial charge in [-0.3, -0.25) is 0 Å². The molecule has 1 heterocycles. The number of allylic oxidation sites excluding steroid dienone is 1. The van der Waals surface area contributed by atoms with Gasteiger partial charge in [0.2, 0.25) is 5.79 Å². The topological polar surface area (TPSA) is 18.5 Å². The van der Waals surface area contributed by atoms with Gasteiger partial charge in [0.1, 0.15) is 0 Å². The van der Waals surface area contributed by atoms with Crippen LogP contribution in [0.25, 0.3) is 12.2 Å². The van der Waals surface area contributed by atoms with Crippen LogP contribution in [-0.4, -0.2) is 13.2 Å². The van der Waals surface area contributed by atoms with Crippen molar-refractivity contribution in [1.82, 2.24) is 0 Å². The second-order valence-electron chi connectivity index (χ2n) is 5.65. The molecule has 2 aliphatic rings. The average molecular weight is 290 g/mol. The Bertz CT molecular complexity index is 752. The Hall–Kier alpha value is -2.16. The van der Waals surface area contributed by atoms with Crippen LogP contribution >= 0.6 is 0 Å². The standard InChI is InChI=1S/C20H18O2/c1-2-5-15-8-11-19-17(14-15)10-9-16-6-3-4-7-18(16)20(19)21-12-13-22-20/h2-4,6-11,14H,1,5,12-13H2. The molecule has 110 valence electrons. The molecule has 2 heteroatoms. The van der Waals surface area contributed by atoms with Crippen molar-refractivity contribution in [2.45, 2.75) is 12.2 Å². The van der Waals surface area contributed by atoms with Crippen LogP contribution in [0.5, 0.6) is 0 Å². The van der Waals surface area contributed by atoms with Crippen LogP contribution in [-0.2, 0) is 21.7 Å². The molecule has 0 bridgehead atoms. The zero-order valence-electron chi connectivity index (χ0n) is 12.4. The normalized spacial score (nSPS) is 17.8. The van der Waals surface area contributed by atoms with Crippen molar-refractivity contribution >= 4 is 12.2 Å². The van der Waals surface area contributed by atoms with Crippen molar-refractivity contribution < 1.29 is 9.47 Å². The van der Waals surface area contributed by atoms with Crippen molar-refractivity contribution in [1.29, 1.82) is 0 Å². The molecule has 2 aromatic rings. The Morgan fingerprint density at radius 3 is 2.50 bits per heavy atom. The van der Waals surface area contributed by atoms with Gasteiger partial charge in [-0.05, 0) is 23.1 Å². The molecule has 22 heavy (non-hydrogen) atoms. The van der Waals surface area contributed by atoms with E-state index in [4.69, 9.17) is 9.47 Å². The fourth-order valence-electron chi connectivity index (χ4n) is 3.33. The van der Waals surface area contributed by atoms with E-state index in [1.165, 1.54) is 5.56 Å². The summed E-state index contributed by atoms with van der Waals surface area (Å²) in [5, 5.41) is 0. The predicted octanol–water partition coefficient (Wildman–Crippen LogP) is 4.15. The van der Waals surface area contributed by atoms with E-state index in [0.29, 0.717) is 13.2 Å². The smallest absolute Gasteiger partial charge is 0.223 e. The van der Waals surface area contributed by atoms with E-state index in [2.05, 4.69) is 49.1 Å². The maximum atomic E-state index is 6.13. The molecule has 4 rings (SSSR count). The number of hydrogen-bond donors (Lipinski definition) is 0. The molecule has 2 nitrogen and oxygen atoms in total. The summed E-state index contributed by atoms with van der Waals surface area (Å²) < 4.78 is 12.3. The molecular weight excluding hydrogens is 272 g/mol. The maximum Gasteiger partial charge on any atom is 0.223 e. The predicted molar refractivity (Wildman–Crippen MR) is 88.4 cm³/mol. The fourth-order valence-corrected chi connectivity index (χ4v) is 3.33. The minimum Gasteiger partial charge on any atom is -0.340 e. The highest BCUT2D eigenvalue weighted by Crippen LogP contribution is 2.44. The molecular formula is C20H18O2. The highest BCUT2D eigenvalue weighted by molar-refractivity contribution is 5.77. The van der Waals surface area contributed by atoms with Crippen molar-refractivity contribution in [3.05, 3.63) is 82.9 Å². The molecule has 1 aliphatic carbocycles. The number of benzene rings is 2. The summed E-state index contributed by atoms with van der Waals surface area (Å²) in [5.41, 5.74) is 5.71. The van der Waals surface area contributed by atoms with Gasteiger partial charge in [-0.1, -0.05) is 60.7 Å². The van der Waals surface area contributed by atoms with Crippen LogP contribution in [0.15, 0.2) is 55.1 Å². The highest BCUT2D eigenvalue weighted by atomic mass is 16.7. The van der Waals surface area contributed by atoms with Gasteiger partial charge in [0.25, 0.3) is 0 Å². The Balaban J connectivity index is 1.96. The van der Waals surface area contributed by atoms with Gasteiger partial charge in [0.05, 0.1) is 13.2 Å². The summed E-state index contributed by atoms with van der Waals surface area (Å²) in [6.45, 7) is 5.05. The monoisotopic (exact) mass is 290 g/mol. The van der Waals surface area contributed by atoms with Crippen molar-refractivity contribution in [3.8, 4) is 0 Å². The van der Waals surface area contributed by atoms with E-state index < -0.39 is 5.79 Å². The van der Waals surface area contributed by atoms with Crippen LogP contribution in [0.1, 0.15) is 27.8 Å². The van der Waals surface area contributed by atoms with E-state index in [9.17, 15) is 0 Å². The van der Waals surface area contributed by atoms with Gasteiger partial charge in [-0.15, -0.1) is 6.58 Å². The van der Waals surface area contributed by atoms with Crippen molar-refractivity contribution in [3.63, 3.8) is 0 Å². The number of rotatable bonds is 2. The highest BCUT2D eigenvalue weighted by Gasteiger charge is 2.43. The first-order valence-electron chi connectivity index (χ1n) is 7.63. The third-order valence-corrected chi connectivity index (χ3v) is 4.30. The Morgan fingerprint density at radius 2 is 1.68 bits per heavy atom. The number of ether oxygens (including phenoxy) is 2. The molecule has 1 spiro atoms. The summed E-state index contributed by atoms with van der Waals surface area (Å²) in [7, 11) is 0. The lowest BCUT2D eigenvalue weighted by molar-refractivity contribution is -0.130.